The van der Waals surface area contributed by atoms with E-state index in [1.807, 2.05) is 0 Å². The van der Waals surface area contributed by atoms with Crippen molar-refractivity contribution in [2.45, 2.75) is 99.3 Å². The summed E-state index contributed by atoms with van der Waals surface area (Å²) in [6.07, 6.45) is 11.9. The van der Waals surface area contributed by atoms with Gasteiger partial charge in [0.05, 0.1) is 0 Å². The molecule has 0 saturated carbocycles. The van der Waals surface area contributed by atoms with Crippen LogP contribution in [-0.2, 0) is 12.6 Å². The van der Waals surface area contributed by atoms with Gasteiger partial charge in [-0.05, 0) is 0 Å². The summed E-state index contributed by atoms with van der Waals surface area (Å²) in [5, 5.41) is 0. The fourth-order valence-electron chi connectivity index (χ4n) is 2.33. The number of thiocarbonyl (C=S) groups is 1. The van der Waals surface area contributed by atoms with Gasteiger partial charge >= 0.3 is 118 Å². The molecule has 0 atom stereocenters. The predicted molar refractivity (Wildman–Crippen MR) is 109 cm³/mol. The Morgan fingerprint density at radius 2 is 1.33 bits per heavy atom. The second-order valence-corrected chi connectivity index (χ2v) is 16.5. The zero-order valence-corrected chi connectivity index (χ0v) is 19.7. The van der Waals surface area contributed by atoms with Gasteiger partial charge in [0.1, 0.15) is 0 Å². The second kappa shape index (κ2) is 19.2. The van der Waals surface area contributed by atoms with Gasteiger partial charge in [0.15, 0.2) is 0 Å². The average molecular weight is 437 g/mol. The van der Waals surface area contributed by atoms with Crippen molar-refractivity contribution in [2.24, 2.45) is 5.92 Å². The second-order valence-electron chi connectivity index (χ2n) is 6.44. The molecule has 21 heavy (non-hydrogen) atoms. The molecule has 126 valence electrons. The Kier molecular flexibility index (Phi) is 22.2. The first kappa shape index (κ1) is 24.4. The van der Waals surface area contributed by atoms with Crippen molar-refractivity contribution in [1.29, 1.82) is 0 Å². The molecule has 0 aromatic heterocycles. The molecule has 0 saturated heterocycles. The standard InChI is InChI=1S/C8H17.2C4H9.C2H4S2.Sn/c1-4-5-6-7-8(2)3;2*1-3-4-2;1-2(3)4;/h8H,1,4-7H2,2-3H3;2*1,3-4H2,2H3;1H3,(H,3,4);/q;;;;+1/p-1. The van der Waals surface area contributed by atoms with Crippen LogP contribution in [0.1, 0.15) is 86.0 Å². The van der Waals surface area contributed by atoms with Crippen LogP contribution in [0, 0.1) is 5.92 Å². The minimum atomic E-state index is -0.907. The van der Waals surface area contributed by atoms with Crippen LogP contribution in [0.5, 0.6) is 0 Å². The number of hydrogen-bond donors (Lipinski definition) is 0. The Bertz CT molecular complexity index is 205. The van der Waals surface area contributed by atoms with Gasteiger partial charge in [0.2, 0.25) is 0 Å². The molecule has 0 amide bonds. The van der Waals surface area contributed by atoms with Crippen LogP contribution in [0.15, 0.2) is 0 Å². The van der Waals surface area contributed by atoms with Gasteiger partial charge in [-0.3, -0.25) is 0 Å². The third-order valence-corrected chi connectivity index (χ3v) is 12.7. The molecule has 0 aliphatic rings. The summed E-state index contributed by atoms with van der Waals surface area (Å²) in [7, 11) is 0. The quantitative estimate of drug-likeness (QED) is 0.137. The van der Waals surface area contributed by atoms with Crippen molar-refractivity contribution < 1.29 is 0 Å². The topological polar surface area (TPSA) is 0 Å². The van der Waals surface area contributed by atoms with Crippen molar-refractivity contribution in [3.63, 3.8) is 0 Å². The van der Waals surface area contributed by atoms with Crippen LogP contribution in [0.2, 0.25) is 13.3 Å². The Labute approximate surface area is 153 Å². The number of rotatable bonds is 12. The Balaban J connectivity index is 0. The van der Waals surface area contributed by atoms with E-state index in [0.717, 1.165) is 5.92 Å². The van der Waals surface area contributed by atoms with Crippen molar-refractivity contribution >= 4 is 48.8 Å². The summed E-state index contributed by atoms with van der Waals surface area (Å²) in [6.45, 7) is 11.1. The van der Waals surface area contributed by atoms with Crippen LogP contribution in [0.25, 0.3) is 0 Å². The number of hydrogen-bond acceptors (Lipinski definition) is 2. The van der Waals surface area contributed by atoms with Crippen LogP contribution < -0.4 is 0 Å². The average Bonchev–Trinajstić information content (AvgIpc) is 2.39. The third kappa shape index (κ3) is 26.3. The molecule has 0 heterocycles. The van der Waals surface area contributed by atoms with E-state index < -0.39 is 19.8 Å². The zero-order valence-electron chi connectivity index (χ0n) is 15.2. The molecule has 0 radical (unpaired) electrons. The molecule has 0 N–H and O–H groups in total. The van der Waals surface area contributed by atoms with Gasteiger partial charge in [-0.2, -0.15) is 4.20 Å². The van der Waals surface area contributed by atoms with Gasteiger partial charge in [-0.1, -0.05) is 6.92 Å². The fraction of sp³-hybridized carbons (Fsp3) is 0.944. The van der Waals surface area contributed by atoms with E-state index in [1.54, 1.807) is 26.7 Å². The van der Waals surface area contributed by atoms with Crippen LogP contribution >= 0.6 is 12.2 Å². The molecule has 0 unspecified atom stereocenters. The van der Waals surface area contributed by atoms with E-state index in [1.165, 1.54) is 44.9 Å². The van der Waals surface area contributed by atoms with Gasteiger partial charge in [0, 0.05) is 0 Å². The summed E-state index contributed by atoms with van der Waals surface area (Å²) in [6, 6.07) is 0. The normalized spacial score (nSPS) is 10.2. The molecule has 0 aliphatic carbocycles. The molecule has 0 bridgehead atoms. The van der Waals surface area contributed by atoms with E-state index in [9.17, 15) is 0 Å². The summed E-state index contributed by atoms with van der Waals surface area (Å²) in [5.74, 6) is 0.910. The first-order chi connectivity index (χ1) is 9.93. The molecule has 3 heteroatoms. The third-order valence-electron chi connectivity index (χ3n) is 3.58. The van der Waals surface area contributed by atoms with Gasteiger partial charge < -0.3 is 24.8 Å². The van der Waals surface area contributed by atoms with Crippen LogP contribution in [0.4, 0.5) is 0 Å². The first-order valence-electron chi connectivity index (χ1n) is 8.95. The molecule has 0 rings (SSSR count). The molecule has 0 aromatic carbocycles. The van der Waals surface area contributed by atoms with E-state index in [-0.39, 0.29) is 0 Å². The molecule has 0 aliphatic heterocycles. The Hall–Kier alpha value is 1.11. The van der Waals surface area contributed by atoms with Gasteiger partial charge in [0.25, 0.3) is 0 Å². The SMILES string of the molecule is CC(=S)[S-].CCC[CH2][Sn+]([CH2]CCC)[CH2]CCCCC(C)C. The van der Waals surface area contributed by atoms with E-state index >= 15 is 0 Å². The number of unbranched alkanes of at least 4 members (excludes halogenated alkanes) is 4. The maximum atomic E-state index is 4.35. The summed E-state index contributed by atoms with van der Waals surface area (Å²) < 4.78 is 5.65. The Morgan fingerprint density at radius 3 is 1.71 bits per heavy atom. The van der Waals surface area contributed by atoms with Crippen molar-refractivity contribution in [2.75, 3.05) is 0 Å². The predicted octanol–water partition coefficient (Wildman–Crippen LogP) is 7.18. The molecule has 0 fully saturated rings. The van der Waals surface area contributed by atoms with E-state index in [4.69, 9.17) is 0 Å². The summed E-state index contributed by atoms with van der Waals surface area (Å²) in [4.78, 5) is 0. The van der Waals surface area contributed by atoms with Crippen molar-refractivity contribution in [3.05, 3.63) is 0 Å². The van der Waals surface area contributed by atoms with Gasteiger partial charge in [-0.15, -0.1) is 0 Å². The van der Waals surface area contributed by atoms with Crippen LogP contribution in [-0.4, -0.2) is 24.0 Å². The first-order valence-corrected chi connectivity index (χ1v) is 15.8. The van der Waals surface area contributed by atoms with E-state index in [2.05, 4.69) is 52.5 Å². The molecule has 0 spiro atoms. The molecule has 0 aromatic rings. The van der Waals surface area contributed by atoms with Crippen molar-refractivity contribution in [1.82, 2.24) is 0 Å². The van der Waals surface area contributed by atoms with E-state index in [0.29, 0.717) is 4.20 Å². The van der Waals surface area contributed by atoms with Gasteiger partial charge in [-0.25, -0.2) is 0 Å². The zero-order chi connectivity index (χ0) is 16.5. The maximum absolute atomic E-state index is 4.35. The minimum absolute atomic E-state index is 0.583. The summed E-state index contributed by atoms with van der Waals surface area (Å²) >= 11 is 7.80. The molecule has 0 nitrogen and oxygen atoms in total. The van der Waals surface area contributed by atoms with Crippen molar-refractivity contribution in [3.8, 4) is 0 Å². The molecular weight excluding hydrogens is 399 g/mol. The Morgan fingerprint density at radius 1 is 0.905 bits per heavy atom. The van der Waals surface area contributed by atoms with Crippen LogP contribution in [0.3, 0.4) is 0 Å². The monoisotopic (exact) mass is 438 g/mol. The molecular formula is C18H38S2Sn. The fourth-order valence-corrected chi connectivity index (χ4v) is 11.5. The summed E-state index contributed by atoms with van der Waals surface area (Å²) in [5.41, 5.74) is 0.